The van der Waals surface area contributed by atoms with Crippen molar-refractivity contribution in [1.29, 1.82) is 0 Å². The zero-order valence-corrected chi connectivity index (χ0v) is 12.4. The molecule has 19 heavy (non-hydrogen) atoms. The SMILES string of the molecule is CCC1=C2CN(S(=O)(=O)C3CC3)CCN2C=NC1C. The van der Waals surface area contributed by atoms with Crippen LogP contribution in [0.3, 0.4) is 0 Å². The summed E-state index contributed by atoms with van der Waals surface area (Å²) in [7, 11) is -3.06. The molecule has 1 unspecified atom stereocenters. The van der Waals surface area contributed by atoms with Crippen LogP contribution in [-0.4, -0.2) is 54.9 Å². The topological polar surface area (TPSA) is 53.0 Å². The molecule has 0 bridgehead atoms. The van der Waals surface area contributed by atoms with Gasteiger partial charge >= 0.3 is 0 Å². The van der Waals surface area contributed by atoms with E-state index in [-0.39, 0.29) is 11.3 Å². The third kappa shape index (κ3) is 2.21. The summed E-state index contributed by atoms with van der Waals surface area (Å²) in [6, 6.07) is 0.180. The molecule has 1 atom stereocenters. The highest BCUT2D eigenvalue weighted by Crippen LogP contribution is 2.34. The quantitative estimate of drug-likeness (QED) is 0.782. The first kappa shape index (κ1) is 13.1. The molecule has 2 aliphatic heterocycles. The molecule has 0 spiro atoms. The Morgan fingerprint density at radius 3 is 2.74 bits per heavy atom. The molecule has 0 amide bonds. The maximum Gasteiger partial charge on any atom is 0.217 e. The van der Waals surface area contributed by atoms with E-state index in [1.54, 1.807) is 4.31 Å². The fourth-order valence-electron chi connectivity index (χ4n) is 2.91. The molecule has 2 fully saturated rings. The van der Waals surface area contributed by atoms with Gasteiger partial charge in [0.25, 0.3) is 0 Å². The number of piperazine rings is 1. The fourth-order valence-corrected chi connectivity index (χ4v) is 4.70. The van der Waals surface area contributed by atoms with Crippen LogP contribution in [0.2, 0.25) is 0 Å². The zero-order chi connectivity index (χ0) is 13.6. The van der Waals surface area contributed by atoms with Crippen molar-refractivity contribution in [2.45, 2.75) is 44.4 Å². The van der Waals surface area contributed by atoms with E-state index < -0.39 is 10.0 Å². The Kier molecular flexibility index (Phi) is 3.17. The lowest BCUT2D eigenvalue weighted by Crippen LogP contribution is -2.49. The van der Waals surface area contributed by atoms with Gasteiger partial charge in [-0.1, -0.05) is 6.92 Å². The minimum Gasteiger partial charge on any atom is -0.334 e. The van der Waals surface area contributed by atoms with E-state index in [0.717, 1.165) is 31.5 Å². The summed E-state index contributed by atoms with van der Waals surface area (Å²) in [6.45, 7) is 6.03. The van der Waals surface area contributed by atoms with Gasteiger partial charge in [-0.25, -0.2) is 8.42 Å². The van der Waals surface area contributed by atoms with Crippen molar-refractivity contribution in [3.63, 3.8) is 0 Å². The highest BCUT2D eigenvalue weighted by molar-refractivity contribution is 7.90. The predicted molar refractivity (Wildman–Crippen MR) is 75.5 cm³/mol. The van der Waals surface area contributed by atoms with E-state index in [9.17, 15) is 8.42 Å². The largest absolute Gasteiger partial charge is 0.334 e. The Labute approximate surface area is 115 Å². The van der Waals surface area contributed by atoms with E-state index in [1.165, 1.54) is 5.57 Å². The highest BCUT2D eigenvalue weighted by atomic mass is 32.2. The Balaban J connectivity index is 1.88. The first-order valence-electron chi connectivity index (χ1n) is 7.05. The number of aliphatic imine (C=N–C) groups is 1. The Hall–Kier alpha value is -0.880. The molecular formula is C13H21N3O2S. The number of hydrogen-bond donors (Lipinski definition) is 0. The summed E-state index contributed by atoms with van der Waals surface area (Å²) in [6.07, 6.45) is 4.47. The van der Waals surface area contributed by atoms with Crippen molar-refractivity contribution < 1.29 is 8.42 Å². The molecule has 6 heteroatoms. The number of rotatable bonds is 3. The fraction of sp³-hybridized carbons (Fsp3) is 0.769. The van der Waals surface area contributed by atoms with Crippen LogP contribution in [0.15, 0.2) is 16.3 Å². The van der Waals surface area contributed by atoms with Gasteiger partial charge < -0.3 is 4.90 Å². The highest BCUT2D eigenvalue weighted by Gasteiger charge is 2.42. The van der Waals surface area contributed by atoms with E-state index in [4.69, 9.17) is 0 Å². The third-order valence-electron chi connectivity index (χ3n) is 4.25. The lowest BCUT2D eigenvalue weighted by Gasteiger charge is -2.39. The summed E-state index contributed by atoms with van der Waals surface area (Å²) in [4.78, 5) is 6.60. The first-order valence-corrected chi connectivity index (χ1v) is 8.55. The van der Waals surface area contributed by atoms with E-state index in [2.05, 4.69) is 23.7 Å². The lowest BCUT2D eigenvalue weighted by molar-refractivity contribution is 0.310. The van der Waals surface area contributed by atoms with Crippen LogP contribution in [0.5, 0.6) is 0 Å². The van der Waals surface area contributed by atoms with E-state index in [1.807, 2.05) is 6.34 Å². The molecular weight excluding hydrogens is 262 g/mol. The second kappa shape index (κ2) is 4.59. The maximum absolute atomic E-state index is 12.4. The average molecular weight is 283 g/mol. The van der Waals surface area contributed by atoms with Gasteiger partial charge in [0.15, 0.2) is 0 Å². The van der Waals surface area contributed by atoms with Gasteiger partial charge in [-0.15, -0.1) is 0 Å². The van der Waals surface area contributed by atoms with E-state index >= 15 is 0 Å². The van der Waals surface area contributed by atoms with Gasteiger partial charge in [0.05, 0.1) is 24.2 Å². The smallest absolute Gasteiger partial charge is 0.217 e. The van der Waals surface area contributed by atoms with Gasteiger partial charge in [0, 0.05) is 18.8 Å². The summed E-state index contributed by atoms with van der Waals surface area (Å²) >= 11 is 0. The van der Waals surface area contributed by atoms with E-state index in [0.29, 0.717) is 13.1 Å². The monoisotopic (exact) mass is 283 g/mol. The maximum atomic E-state index is 12.4. The molecule has 3 aliphatic rings. The van der Waals surface area contributed by atoms with Crippen LogP contribution in [0, 0.1) is 0 Å². The number of hydrogen-bond acceptors (Lipinski definition) is 4. The van der Waals surface area contributed by atoms with Gasteiger partial charge in [-0.2, -0.15) is 4.31 Å². The summed E-state index contributed by atoms with van der Waals surface area (Å²) in [5, 5.41) is -0.112. The molecule has 2 heterocycles. The normalized spacial score (nSPS) is 28.7. The standard InChI is InChI=1S/C13H21N3O2S/c1-3-12-10(2)14-9-15-6-7-16(8-13(12)15)19(17,18)11-4-5-11/h9-11H,3-8H2,1-2H3. The van der Waals surface area contributed by atoms with Crippen LogP contribution < -0.4 is 0 Å². The Morgan fingerprint density at radius 2 is 2.11 bits per heavy atom. The summed E-state index contributed by atoms with van der Waals surface area (Å²) < 4.78 is 26.4. The number of sulfonamides is 1. The molecule has 0 aromatic carbocycles. The molecule has 0 radical (unpaired) electrons. The van der Waals surface area contributed by atoms with Crippen molar-refractivity contribution in [3.05, 3.63) is 11.3 Å². The molecule has 0 aromatic rings. The first-order chi connectivity index (χ1) is 9.04. The van der Waals surface area contributed by atoms with Crippen molar-refractivity contribution in [2.75, 3.05) is 19.6 Å². The van der Waals surface area contributed by atoms with Crippen molar-refractivity contribution in [2.24, 2.45) is 4.99 Å². The second-order valence-electron chi connectivity index (χ2n) is 5.54. The van der Waals surface area contributed by atoms with Crippen LogP contribution in [0.25, 0.3) is 0 Å². The summed E-state index contributed by atoms with van der Waals surface area (Å²) in [5.74, 6) is 0. The van der Waals surface area contributed by atoms with Crippen molar-refractivity contribution in [3.8, 4) is 0 Å². The van der Waals surface area contributed by atoms with Gasteiger partial charge in [-0.05, 0) is 31.8 Å². The molecule has 1 saturated heterocycles. The van der Waals surface area contributed by atoms with Gasteiger partial charge in [-0.3, -0.25) is 4.99 Å². The van der Waals surface area contributed by atoms with Gasteiger partial charge in [0.1, 0.15) is 0 Å². The average Bonchev–Trinajstić information content (AvgIpc) is 3.22. The molecule has 1 saturated carbocycles. The number of fused-ring (bicyclic) bond motifs is 1. The van der Waals surface area contributed by atoms with Crippen molar-refractivity contribution >= 4 is 16.4 Å². The van der Waals surface area contributed by atoms with Crippen LogP contribution in [-0.2, 0) is 10.0 Å². The second-order valence-corrected chi connectivity index (χ2v) is 7.75. The number of nitrogens with zero attached hydrogens (tertiary/aromatic N) is 3. The molecule has 3 rings (SSSR count). The van der Waals surface area contributed by atoms with Crippen LogP contribution in [0.4, 0.5) is 0 Å². The molecule has 5 nitrogen and oxygen atoms in total. The minimum absolute atomic E-state index is 0.112. The Bertz CT molecular complexity index is 534. The third-order valence-corrected chi connectivity index (χ3v) is 6.60. The molecule has 106 valence electrons. The molecule has 0 N–H and O–H groups in total. The lowest BCUT2D eigenvalue weighted by atomic mass is 10.0. The predicted octanol–water partition coefficient (Wildman–Crippen LogP) is 1.19. The Morgan fingerprint density at radius 1 is 1.37 bits per heavy atom. The zero-order valence-electron chi connectivity index (χ0n) is 11.5. The molecule has 0 aromatic heterocycles. The van der Waals surface area contributed by atoms with Crippen molar-refractivity contribution in [1.82, 2.24) is 9.21 Å². The van der Waals surface area contributed by atoms with Gasteiger partial charge in [0.2, 0.25) is 10.0 Å². The minimum atomic E-state index is -3.06. The summed E-state index contributed by atoms with van der Waals surface area (Å²) in [5.41, 5.74) is 2.43. The van der Waals surface area contributed by atoms with Crippen LogP contribution >= 0.6 is 0 Å². The molecule has 1 aliphatic carbocycles. The van der Waals surface area contributed by atoms with Crippen LogP contribution in [0.1, 0.15) is 33.1 Å².